The van der Waals surface area contributed by atoms with Gasteiger partial charge >= 0.3 is 11.8 Å². The van der Waals surface area contributed by atoms with Crippen LogP contribution in [0.4, 0.5) is 0 Å². The third kappa shape index (κ3) is 0.982. The van der Waals surface area contributed by atoms with Gasteiger partial charge in [-0.3, -0.25) is 9.59 Å². The summed E-state index contributed by atoms with van der Waals surface area (Å²) in [6.07, 6.45) is 3.09. The molecule has 2 atom stereocenters. The molecule has 2 fully saturated rings. The van der Waals surface area contributed by atoms with E-state index in [0.717, 1.165) is 19.3 Å². The van der Waals surface area contributed by atoms with Crippen molar-refractivity contribution in [1.82, 2.24) is 10.6 Å². The number of fused-ring (bicyclic) bond motifs is 1. The lowest BCUT2D eigenvalue weighted by Crippen LogP contribution is -2.59. The minimum absolute atomic E-state index is 0.195. The Balaban J connectivity index is 2.12. The Bertz CT molecular complexity index is 192. The number of rotatable bonds is 0. The van der Waals surface area contributed by atoms with E-state index in [1.807, 2.05) is 0 Å². The number of nitrogens with one attached hydrogen (secondary N) is 2. The van der Waals surface area contributed by atoms with Crippen LogP contribution < -0.4 is 10.6 Å². The molecule has 0 bridgehead atoms. The second-order valence-electron chi connectivity index (χ2n) is 3.09. The van der Waals surface area contributed by atoms with Gasteiger partial charge in [-0.1, -0.05) is 0 Å². The zero-order valence-corrected chi connectivity index (χ0v) is 6.09. The summed E-state index contributed by atoms with van der Waals surface area (Å²) in [4.78, 5) is 21.6. The van der Waals surface area contributed by atoms with Crippen LogP contribution in [0.2, 0.25) is 0 Å². The van der Waals surface area contributed by atoms with Gasteiger partial charge in [-0.25, -0.2) is 0 Å². The van der Waals surface area contributed by atoms with Crippen LogP contribution in [0.15, 0.2) is 0 Å². The lowest BCUT2D eigenvalue weighted by molar-refractivity contribution is -0.142. The second-order valence-corrected chi connectivity index (χ2v) is 3.09. The Morgan fingerprint density at radius 1 is 1.00 bits per heavy atom. The molecule has 0 aromatic heterocycles. The Morgan fingerprint density at radius 2 is 1.45 bits per heavy atom. The van der Waals surface area contributed by atoms with Gasteiger partial charge in [0.25, 0.3) is 0 Å². The predicted molar refractivity (Wildman–Crippen MR) is 37.7 cm³/mol. The Morgan fingerprint density at radius 3 is 1.91 bits per heavy atom. The Hall–Kier alpha value is -1.06. The summed E-state index contributed by atoms with van der Waals surface area (Å²) in [6, 6.07) is 0.389. The van der Waals surface area contributed by atoms with Gasteiger partial charge in [0.1, 0.15) is 0 Å². The van der Waals surface area contributed by atoms with Crippen LogP contribution in [-0.4, -0.2) is 23.9 Å². The van der Waals surface area contributed by atoms with Crippen molar-refractivity contribution in [2.24, 2.45) is 0 Å². The lowest BCUT2D eigenvalue weighted by atomic mass is 10.1. The zero-order chi connectivity index (χ0) is 7.84. The van der Waals surface area contributed by atoms with E-state index in [9.17, 15) is 9.59 Å². The quantitative estimate of drug-likeness (QED) is 0.447. The highest BCUT2D eigenvalue weighted by atomic mass is 16.2. The van der Waals surface area contributed by atoms with Crippen LogP contribution in [0.5, 0.6) is 0 Å². The number of amides is 2. The molecule has 0 radical (unpaired) electrons. The van der Waals surface area contributed by atoms with Crippen molar-refractivity contribution in [3.8, 4) is 0 Å². The maximum Gasteiger partial charge on any atom is 0.309 e. The van der Waals surface area contributed by atoms with E-state index in [-0.39, 0.29) is 12.1 Å². The first-order valence-electron chi connectivity index (χ1n) is 3.89. The van der Waals surface area contributed by atoms with Crippen molar-refractivity contribution in [3.63, 3.8) is 0 Å². The summed E-state index contributed by atoms with van der Waals surface area (Å²) in [6.45, 7) is 0. The van der Waals surface area contributed by atoms with Gasteiger partial charge in [0.15, 0.2) is 0 Å². The largest absolute Gasteiger partial charge is 0.343 e. The van der Waals surface area contributed by atoms with Crippen molar-refractivity contribution in [1.29, 1.82) is 0 Å². The van der Waals surface area contributed by atoms with E-state index < -0.39 is 11.8 Å². The first-order chi connectivity index (χ1) is 5.27. The molecule has 1 aliphatic heterocycles. The fraction of sp³-hybridized carbons (Fsp3) is 0.714. The van der Waals surface area contributed by atoms with E-state index in [2.05, 4.69) is 10.6 Å². The molecule has 0 aromatic carbocycles. The van der Waals surface area contributed by atoms with Gasteiger partial charge in [-0.05, 0) is 19.3 Å². The molecule has 2 aliphatic rings. The van der Waals surface area contributed by atoms with Crippen LogP contribution in [0.3, 0.4) is 0 Å². The van der Waals surface area contributed by atoms with Crippen molar-refractivity contribution < 1.29 is 9.59 Å². The molecule has 2 rings (SSSR count). The smallest absolute Gasteiger partial charge is 0.309 e. The van der Waals surface area contributed by atoms with Crippen LogP contribution in [0.25, 0.3) is 0 Å². The summed E-state index contributed by atoms with van der Waals surface area (Å²) >= 11 is 0. The predicted octanol–water partition coefficient (Wildman–Crippen LogP) is -0.847. The number of carbonyl (C=O) groups excluding carboxylic acids is 2. The molecular formula is C7H10N2O2. The SMILES string of the molecule is O=C1N[C@H]2CCC[C@H]2NC1=O. The molecule has 0 aromatic rings. The topological polar surface area (TPSA) is 58.2 Å². The lowest BCUT2D eigenvalue weighted by Gasteiger charge is -2.26. The summed E-state index contributed by atoms with van der Waals surface area (Å²) in [5, 5.41) is 5.35. The monoisotopic (exact) mass is 154 g/mol. The second kappa shape index (κ2) is 2.22. The molecule has 11 heavy (non-hydrogen) atoms. The third-order valence-electron chi connectivity index (χ3n) is 2.36. The number of carbonyl (C=O) groups is 2. The molecule has 2 amide bonds. The van der Waals surface area contributed by atoms with E-state index in [0.29, 0.717) is 0 Å². The zero-order valence-electron chi connectivity index (χ0n) is 6.09. The molecular weight excluding hydrogens is 144 g/mol. The summed E-state index contributed by atoms with van der Waals surface area (Å²) in [5.74, 6) is -0.957. The molecule has 4 nitrogen and oxygen atoms in total. The highest BCUT2D eigenvalue weighted by Crippen LogP contribution is 2.20. The molecule has 1 heterocycles. The first-order valence-corrected chi connectivity index (χ1v) is 3.89. The maximum atomic E-state index is 10.8. The van der Waals surface area contributed by atoms with Gasteiger partial charge in [0.2, 0.25) is 0 Å². The minimum atomic E-state index is -0.479. The number of hydrogen-bond acceptors (Lipinski definition) is 2. The van der Waals surface area contributed by atoms with Crippen molar-refractivity contribution >= 4 is 11.8 Å². The fourth-order valence-electron chi connectivity index (χ4n) is 1.77. The number of piperazine rings is 1. The van der Waals surface area contributed by atoms with Crippen LogP contribution in [0.1, 0.15) is 19.3 Å². The number of hydrogen-bond donors (Lipinski definition) is 2. The summed E-state index contributed by atoms with van der Waals surface area (Å²) in [5.41, 5.74) is 0. The van der Waals surface area contributed by atoms with Crippen molar-refractivity contribution in [2.45, 2.75) is 31.3 Å². The molecule has 1 aliphatic carbocycles. The molecule has 2 N–H and O–H groups in total. The van der Waals surface area contributed by atoms with Crippen LogP contribution >= 0.6 is 0 Å². The van der Waals surface area contributed by atoms with Gasteiger partial charge < -0.3 is 10.6 Å². The minimum Gasteiger partial charge on any atom is -0.343 e. The van der Waals surface area contributed by atoms with Gasteiger partial charge in [-0.2, -0.15) is 0 Å². The molecule has 0 spiro atoms. The van der Waals surface area contributed by atoms with Crippen molar-refractivity contribution in [3.05, 3.63) is 0 Å². The van der Waals surface area contributed by atoms with E-state index in [4.69, 9.17) is 0 Å². The van der Waals surface area contributed by atoms with Crippen LogP contribution in [0, 0.1) is 0 Å². The standard InChI is InChI=1S/C7H10N2O2/c10-6-7(11)9-5-3-1-2-4(5)8-6/h4-5H,1-3H2,(H,8,10)(H,9,11)/t4-,5+. The molecule has 1 saturated heterocycles. The van der Waals surface area contributed by atoms with E-state index in [1.165, 1.54) is 0 Å². The molecule has 4 heteroatoms. The average molecular weight is 154 g/mol. The summed E-state index contributed by atoms with van der Waals surface area (Å²) in [7, 11) is 0. The fourth-order valence-corrected chi connectivity index (χ4v) is 1.77. The summed E-state index contributed by atoms with van der Waals surface area (Å²) < 4.78 is 0. The first kappa shape index (κ1) is 6.64. The Kier molecular flexibility index (Phi) is 1.34. The highest BCUT2D eigenvalue weighted by Gasteiger charge is 2.36. The molecule has 0 unspecified atom stereocenters. The molecule has 60 valence electrons. The Labute approximate surface area is 64.3 Å². The van der Waals surface area contributed by atoms with Gasteiger partial charge in [0, 0.05) is 12.1 Å². The van der Waals surface area contributed by atoms with E-state index >= 15 is 0 Å². The van der Waals surface area contributed by atoms with E-state index in [1.54, 1.807) is 0 Å². The third-order valence-corrected chi connectivity index (χ3v) is 2.36. The van der Waals surface area contributed by atoms with Crippen LogP contribution in [-0.2, 0) is 9.59 Å². The average Bonchev–Trinajstić information content (AvgIpc) is 2.36. The van der Waals surface area contributed by atoms with Gasteiger partial charge in [0.05, 0.1) is 0 Å². The maximum absolute atomic E-state index is 10.8. The van der Waals surface area contributed by atoms with Crippen molar-refractivity contribution in [2.75, 3.05) is 0 Å². The highest BCUT2D eigenvalue weighted by molar-refractivity contribution is 6.35. The molecule has 1 saturated carbocycles. The van der Waals surface area contributed by atoms with Gasteiger partial charge in [-0.15, -0.1) is 0 Å². The normalized spacial score (nSPS) is 36.0.